The lowest BCUT2D eigenvalue weighted by Crippen LogP contribution is -2.52. The standard InChI is InChI=1S/C26H31N3O4/c1-2-6-19-9-10-22-23-20(16-28(22)25(19)31)21(17-30)24(26(32)27-11-13-33-14-12-27)29(23)15-18-7-4-3-5-8-18/h2-10,20-21,23-24,30H,11-17H2,1H3/b6-2-/t20-,21-,23+,24-/m1/s1. The van der Waals surface area contributed by atoms with Gasteiger partial charge in [-0.2, -0.15) is 0 Å². The first-order chi connectivity index (χ1) is 16.1. The summed E-state index contributed by atoms with van der Waals surface area (Å²) in [6, 6.07) is 13.5. The molecule has 7 nitrogen and oxygen atoms in total. The molecule has 3 aliphatic rings. The number of aromatic nitrogens is 1. The van der Waals surface area contributed by atoms with Gasteiger partial charge in [0.15, 0.2) is 0 Å². The molecule has 33 heavy (non-hydrogen) atoms. The summed E-state index contributed by atoms with van der Waals surface area (Å²) in [6.07, 6.45) is 3.70. The molecule has 7 heteroatoms. The Hall–Kier alpha value is -2.74. The lowest BCUT2D eigenvalue weighted by atomic mass is 9.88. The molecule has 1 amide bonds. The summed E-state index contributed by atoms with van der Waals surface area (Å²) >= 11 is 0. The zero-order valence-corrected chi connectivity index (χ0v) is 19.0. The molecule has 0 spiro atoms. The summed E-state index contributed by atoms with van der Waals surface area (Å²) in [5.74, 6) is -0.178. The Morgan fingerprint density at radius 3 is 2.61 bits per heavy atom. The van der Waals surface area contributed by atoms with Crippen LogP contribution in [0.3, 0.4) is 0 Å². The molecule has 0 aliphatic carbocycles. The molecule has 1 aromatic heterocycles. The molecule has 0 bridgehead atoms. The molecule has 0 unspecified atom stereocenters. The van der Waals surface area contributed by atoms with E-state index in [1.165, 1.54) is 0 Å². The van der Waals surface area contributed by atoms with Crippen molar-refractivity contribution in [2.75, 3.05) is 32.9 Å². The van der Waals surface area contributed by atoms with Crippen LogP contribution in [0.5, 0.6) is 0 Å². The van der Waals surface area contributed by atoms with Gasteiger partial charge in [-0.15, -0.1) is 0 Å². The van der Waals surface area contributed by atoms with Gasteiger partial charge >= 0.3 is 0 Å². The molecular formula is C26H31N3O4. The predicted octanol–water partition coefficient (Wildman–Crippen LogP) is 1.90. The number of carbonyl (C=O) groups is 1. The number of ether oxygens (including phenoxy) is 1. The van der Waals surface area contributed by atoms with Crippen LogP contribution in [0, 0.1) is 11.8 Å². The van der Waals surface area contributed by atoms with Crippen LogP contribution in [0.25, 0.3) is 6.08 Å². The van der Waals surface area contributed by atoms with Crippen molar-refractivity contribution in [3.63, 3.8) is 0 Å². The fraction of sp³-hybridized carbons (Fsp3) is 0.462. The molecule has 4 heterocycles. The lowest BCUT2D eigenvalue weighted by Gasteiger charge is -2.36. The van der Waals surface area contributed by atoms with E-state index in [-0.39, 0.29) is 36.0 Å². The highest BCUT2D eigenvalue weighted by atomic mass is 16.5. The van der Waals surface area contributed by atoms with Crippen molar-refractivity contribution in [1.82, 2.24) is 14.4 Å². The molecule has 3 aliphatic heterocycles. The van der Waals surface area contributed by atoms with E-state index < -0.39 is 6.04 Å². The van der Waals surface area contributed by atoms with Crippen molar-refractivity contribution in [2.45, 2.75) is 32.1 Å². The van der Waals surface area contributed by atoms with Gasteiger partial charge in [-0.25, -0.2) is 0 Å². The van der Waals surface area contributed by atoms with Gasteiger partial charge in [-0.1, -0.05) is 42.5 Å². The number of likely N-dealkylation sites (tertiary alicyclic amines) is 1. The minimum atomic E-state index is -0.428. The van der Waals surface area contributed by atoms with Gasteiger partial charge in [-0.05, 0) is 24.6 Å². The zero-order chi connectivity index (χ0) is 22.9. The molecule has 1 aromatic carbocycles. The number of hydrogen-bond donors (Lipinski definition) is 1. The maximum atomic E-state index is 13.8. The average molecular weight is 450 g/mol. The van der Waals surface area contributed by atoms with Crippen molar-refractivity contribution in [3.05, 3.63) is 75.7 Å². The van der Waals surface area contributed by atoms with Gasteiger partial charge in [-0.3, -0.25) is 14.5 Å². The number of fused-ring (bicyclic) bond motifs is 3. The third-order valence-corrected chi connectivity index (χ3v) is 7.35. The number of carbonyl (C=O) groups excluding carboxylic acids is 1. The third kappa shape index (κ3) is 3.84. The van der Waals surface area contributed by atoms with E-state index in [2.05, 4.69) is 17.0 Å². The number of amides is 1. The summed E-state index contributed by atoms with van der Waals surface area (Å²) < 4.78 is 7.30. The van der Waals surface area contributed by atoms with E-state index >= 15 is 0 Å². The largest absolute Gasteiger partial charge is 0.396 e. The van der Waals surface area contributed by atoms with E-state index in [1.54, 1.807) is 0 Å². The Balaban J connectivity index is 1.57. The maximum absolute atomic E-state index is 13.8. The van der Waals surface area contributed by atoms with E-state index in [0.717, 1.165) is 11.3 Å². The van der Waals surface area contributed by atoms with Gasteiger partial charge in [0.05, 0.1) is 25.3 Å². The molecule has 2 fully saturated rings. The number of aliphatic hydroxyl groups is 1. The summed E-state index contributed by atoms with van der Waals surface area (Å²) in [7, 11) is 0. The fourth-order valence-electron chi connectivity index (χ4n) is 5.85. The second kappa shape index (κ2) is 9.25. The first kappa shape index (κ1) is 22.1. The molecule has 1 N–H and O–H groups in total. The number of aliphatic hydroxyl groups excluding tert-OH is 1. The molecule has 2 aromatic rings. The first-order valence-electron chi connectivity index (χ1n) is 11.8. The monoisotopic (exact) mass is 449 g/mol. The Kier molecular flexibility index (Phi) is 6.19. The number of nitrogens with zero attached hydrogens (tertiary/aromatic N) is 3. The second-order valence-corrected chi connectivity index (χ2v) is 9.12. The van der Waals surface area contributed by atoms with E-state index in [0.29, 0.717) is 45.0 Å². The molecular weight excluding hydrogens is 418 g/mol. The first-order valence-corrected chi connectivity index (χ1v) is 11.8. The van der Waals surface area contributed by atoms with E-state index in [9.17, 15) is 14.7 Å². The van der Waals surface area contributed by atoms with E-state index in [1.807, 2.05) is 58.9 Å². The van der Waals surface area contributed by atoms with Crippen molar-refractivity contribution in [1.29, 1.82) is 0 Å². The van der Waals surface area contributed by atoms with Crippen LogP contribution in [-0.2, 0) is 22.6 Å². The topological polar surface area (TPSA) is 75.0 Å². The van der Waals surface area contributed by atoms with Crippen LogP contribution in [0.2, 0.25) is 0 Å². The maximum Gasteiger partial charge on any atom is 0.258 e. The molecule has 174 valence electrons. The molecule has 4 atom stereocenters. The number of morpholine rings is 1. The Morgan fingerprint density at radius 1 is 1.15 bits per heavy atom. The van der Waals surface area contributed by atoms with Crippen LogP contribution in [0.15, 0.2) is 53.3 Å². The summed E-state index contributed by atoms with van der Waals surface area (Å²) in [4.78, 5) is 31.0. The molecule has 2 saturated heterocycles. The predicted molar refractivity (Wildman–Crippen MR) is 125 cm³/mol. The quantitative estimate of drug-likeness (QED) is 0.755. The SMILES string of the molecule is C/C=C\c1ccc2n(c1=O)C[C@@H]1[C@@H](CO)[C@H](C(=O)N3CCOCC3)N(Cc3ccccc3)[C@H]21. The van der Waals surface area contributed by atoms with Crippen LogP contribution >= 0.6 is 0 Å². The second-order valence-electron chi connectivity index (χ2n) is 9.12. The Morgan fingerprint density at radius 2 is 1.91 bits per heavy atom. The zero-order valence-electron chi connectivity index (χ0n) is 19.0. The average Bonchev–Trinajstić information content (AvgIpc) is 3.37. The number of benzene rings is 1. The van der Waals surface area contributed by atoms with Gasteiger partial charge in [0.25, 0.3) is 5.56 Å². The van der Waals surface area contributed by atoms with Crippen LogP contribution < -0.4 is 5.56 Å². The Bertz CT molecular complexity index is 1090. The van der Waals surface area contributed by atoms with Crippen LogP contribution in [-0.4, -0.2) is 64.3 Å². The lowest BCUT2D eigenvalue weighted by molar-refractivity contribution is -0.142. The van der Waals surface area contributed by atoms with Crippen molar-refractivity contribution >= 4 is 12.0 Å². The highest BCUT2D eigenvalue weighted by molar-refractivity contribution is 5.83. The summed E-state index contributed by atoms with van der Waals surface area (Å²) in [6.45, 7) is 5.15. The van der Waals surface area contributed by atoms with Crippen molar-refractivity contribution < 1.29 is 14.6 Å². The number of pyridine rings is 1. The summed E-state index contributed by atoms with van der Waals surface area (Å²) in [5.41, 5.74) is 2.70. The normalized spacial score (nSPS) is 27.2. The molecule has 0 saturated carbocycles. The number of hydrogen-bond acceptors (Lipinski definition) is 5. The fourth-order valence-corrected chi connectivity index (χ4v) is 5.85. The summed E-state index contributed by atoms with van der Waals surface area (Å²) in [5, 5.41) is 10.5. The van der Waals surface area contributed by atoms with Gasteiger partial charge in [0, 0.05) is 55.9 Å². The number of rotatable bonds is 5. The van der Waals surface area contributed by atoms with Gasteiger partial charge in [0.2, 0.25) is 5.91 Å². The van der Waals surface area contributed by atoms with Crippen molar-refractivity contribution in [2.24, 2.45) is 11.8 Å². The minimum Gasteiger partial charge on any atom is -0.396 e. The van der Waals surface area contributed by atoms with Crippen molar-refractivity contribution in [3.8, 4) is 0 Å². The van der Waals surface area contributed by atoms with Gasteiger partial charge in [0.1, 0.15) is 0 Å². The number of allylic oxidation sites excluding steroid dienone is 1. The molecule has 0 radical (unpaired) electrons. The van der Waals surface area contributed by atoms with E-state index in [4.69, 9.17) is 4.74 Å². The smallest absolute Gasteiger partial charge is 0.258 e. The van der Waals surface area contributed by atoms with Crippen LogP contribution in [0.1, 0.15) is 29.8 Å². The molecule has 5 rings (SSSR count). The minimum absolute atomic E-state index is 0.00209. The highest BCUT2D eigenvalue weighted by Crippen LogP contribution is 2.50. The Labute approximate surface area is 193 Å². The highest BCUT2D eigenvalue weighted by Gasteiger charge is 2.56. The third-order valence-electron chi connectivity index (χ3n) is 7.35. The van der Waals surface area contributed by atoms with Crippen LogP contribution in [0.4, 0.5) is 0 Å². The van der Waals surface area contributed by atoms with Gasteiger partial charge < -0.3 is 19.3 Å².